The van der Waals surface area contributed by atoms with E-state index in [1.165, 1.54) is 0 Å². The number of aromatic nitrogens is 1. The summed E-state index contributed by atoms with van der Waals surface area (Å²) >= 11 is 0. The Hall–Kier alpha value is -1.42. The second-order valence-electron chi connectivity index (χ2n) is 3.74. The van der Waals surface area contributed by atoms with Gasteiger partial charge in [-0.2, -0.15) is 0 Å². The largest absolute Gasteiger partial charge is 0.380 e. The fourth-order valence-corrected chi connectivity index (χ4v) is 1.56. The molecule has 0 aromatic carbocycles. The maximum atomic E-state index is 11.3. The summed E-state index contributed by atoms with van der Waals surface area (Å²) in [5.41, 5.74) is 0.699. The van der Waals surface area contributed by atoms with Gasteiger partial charge < -0.3 is 9.64 Å². The van der Waals surface area contributed by atoms with Gasteiger partial charge in [-0.1, -0.05) is 0 Å². The molecular weight excluding hydrogens is 216 g/mol. The van der Waals surface area contributed by atoms with Crippen molar-refractivity contribution in [2.24, 2.45) is 0 Å². The summed E-state index contributed by atoms with van der Waals surface area (Å²) in [7, 11) is 0. The number of carbonyl (C=O) groups is 1. The number of nitrogens with zero attached hydrogens (tertiary/aromatic N) is 2. The van der Waals surface area contributed by atoms with Crippen molar-refractivity contribution in [1.29, 1.82) is 0 Å². The number of ether oxygens (including phenoxy) is 1. The van der Waals surface area contributed by atoms with Crippen LogP contribution in [0.15, 0.2) is 18.3 Å². The minimum absolute atomic E-state index is 0.0644. The van der Waals surface area contributed by atoms with E-state index in [9.17, 15) is 4.79 Å². The zero-order valence-electron chi connectivity index (χ0n) is 10.8. The van der Waals surface area contributed by atoms with Gasteiger partial charge in [0.05, 0.1) is 6.61 Å². The molecule has 94 valence electrons. The second kappa shape index (κ2) is 7.01. The molecule has 0 bridgehead atoms. The van der Waals surface area contributed by atoms with Gasteiger partial charge in [-0.3, -0.25) is 4.79 Å². The van der Waals surface area contributed by atoms with Crippen LogP contribution in [0.2, 0.25) is 0 Å². The molecule has 0 radical (unpaired) electrons. The minimum Gasteiger partial charge on any atom is -0.380 e. The normalized spacial score (nSPS) is 10.3. The standard InChI is InChI=1S/C13H20N2O2/c1-4-15(8-9-17-5-2)13-10-12(11(3)16)6-7-14-13/h6-7,10H,4-5,8-9H2,1-3H3. The third-order valence-electron chi connectivity index (χ3n) is 2.57. The molecule has 0 aliphatic rings. The maximum absolute atomic E-state index is 11.3. The van der Waals surface area contributed by atoms with Crippen molar-refractivity contribution < 1.29 is 9.53 Å². The Bertz CT molecular complexity index is 366. The summed E-state index contributed by atoms with van der Waals surface area (Å²) in [6.07, 6.45) is 1.68. The Morgan fingerprint density at radius 3 is 2.82 bits per heavy atom. The van der Waals surface area contributed by atoms with Gasteiger partial charge in [-0.05, 0) is 32.9 Å². The summed E-state index contributed by atoms with van der Waals surface area (Å²) < 4.78 is 5.33. The van der Waals surface area contributed by atoms with E-state index in [1.807, 2.05) is 13.0 Å². The van der Waals surface area contributed by atoms with E-state index in [4.69, 9.17) is 4.74 Å². The average Bonchev–Trinajstić information content (AvgIpc) is 2.35. The molecule has 0 saturated carbocycles. The fourth-order valence-electron chi connectivity index (χ4n) is 1.56. The predicted octanol–water partition coefficient (Wildman–Crippen LogP) is 2.15. The monoisotopic (exact) mass is 236 g/mol. The third-order valence-corrected chi connectivity index (χ3v) is 2.57. The van der Waals surface area contributed by atoms with Gasteiger partial charge in [0, 0.05) is 31.5 Å². The first-order valence-corrected chi connectivity index (χ1v) is 5.98. The van der Waals surface area contributed by atoms with Crippen LogP contribution in [0.4, 0.5) is 5.82 Å². The predicted molar refractivity (Wildman–Crippen MR) is 68.6 cm³/mol. The number of likely N-dealkylation sites (N-methyl/N-ethyl adjacent to an activating group) is 1. The Balaban J connectivity index is 2.73. The van der Waals surface area contributed by atoms with Crippen LogP contribution in [0, 0.1) is 0 Å². The van der Waals surface area contributed by atoms with E-state index in [0.717, 1.165) is 25.5 Å². The number of hydrogen-bond acceptors (Lipinski definition) is 4. The Labute approximate surface area is 103 Å². The van der Waals surface area contributed by atoms with Gasteiger partial charge in [-0.15, -0.1) is 0 Å². The number of hydrogen-bond donors (Lipinski definition) is 0. The molecule has 0 spiro atoms. The van der Waals surface area contributed by atoms with Crippen LogP contribution >= 0.6 is 0 Å². The van der Waals surface area contributed by atoms with E-state index >= 15 is 0 Å². The quantitative estimate of drug-likeness (QED) is 0.537. The lowest BCUT2D eigenvalue weighted by molar-refractivity contribution is 0.101. The molecule has 4 heteroatoms. The highest BCUT2D eigenvalue weighted by Crippen LogP contribution is 2.12. The average molecular weight is 236 g/mol. The lowest BCUT2D eigenvalue weighted by Crippen LogP contribution is -2.28. The number of rotatable bonds is 7. The molecule has 4 nitrogen and oxygen atoms in total. The van der Waals surface area contributed by atoms with Crippen molar-refractivity contribution in [3.8, 4) is 0 Å². The van der Waals surface area contributed by atoms with E-state index in [-0.39, 0.29) is 5.78 Å². The zero-order valence-corrected chi connectivity index (χ0v) is 10.8. The zero-order chi connectivity index (χ0) is 12.7. The van der Waals surface area contributed by atoms with Gasteiger partial charge >= 0.3 is 0 Å². The van der Waals surface area contributed by atoms with E-state index in [1.54, 1.807) is 19.2 Å². The molecule has 0 amide bonds. The van der Waals surface area contributed by atoms with Crippen molar-refractivity contribution >= 4 is 11.6 Å². The molecule has 0 atom stereocenters. The maximum Gasteiger partial charge on any atom is 0.159 e. The van der Waals surface area contributed by atoms with Crippen LogP contribution in [0.5, 0.6) is 0 Å². The summed E-state index contributed by atoms with van der Waals surface area (Å²) in [4.78, 5) is 17.7. The summed E-state index contributed by atoms with van der Waals surface area (Å²) in [6.45, 7) is 8.64. The van der Waals surface area contributed by atoms with Gasteiger partial charge in [0.2, 0.25) is 0 Å². The van der Waals surface area contributed by atoms with Crippen LogP contribution in [0.25, 0.3) is 0 Å². The van der Waals surface area contributed by atoms with E-state index < -0.39 is 0 Å². The Kier molecular flexibility index (Phi) is 5.63. The molecule has 1 rings (SSSR count). The van der Waals surface area contributed by atoms with Crippen molar-refractivity contribution in [3.63, 3.8) is 0 Å². The minimum atomic E-state index is 0.0644. The lowest BCUT2D eigenvalue weighted by Gasteiger charge is -2.21. The number of carbonyl (C=O) groups excluding carboxylic acids is 1. The molecule has 0 saturated heterocycles. The third kappa shape index (κ3) is 4.15. The summed E-state index contributed by atoms with van der Waals surface area (Å²) in [5.74, 6) is 0.898. The summed E-state index contributed by atoms with van der Waals surface area (Å²) in [5, 5.41) is 0. The van der Waals surface area contributed by atoms with Crippen molar-refractivity contribution in [2.75, 3.05) is 31.2 Å². The molecule has 0 fully saturated rings. The van der Waals surface area contributed by atoms with Gasteiger partial charge in [0.25, 0.3) is 0 Å². The molecule has 17 heavy (non-hydrogen) atoms. The molecule has 0 aliphatic heterocycles. The number of Topliss-reactive ketones (excluding diaryl/α,β-unsaturated/α-hetero) is 1. The smallest absolute Gasteiger partial charge is 0.159 e. The Morgan fingerprint density at radius 2 is 2.24 bits per heavy atom. The van der Waals surface area contributed by atoms with Gasteiger partial charge in [-0.25, -0.2) is 4.98 Å². The fraction of sp³-hybridized carbons (Fsp3) is 0.538. The molecule has 1 aromatic heterocycles. The SMILES string of the molecule is CCOCCN(CC)c1cc(C(C)=O)ccn1. The highest BCUT2D eigenvalue weighted by molar-refractivity contribution is 5.94. The van der Waals surface area contributed by atoms with Crippen LogP contribution in [0.3, 0.4) is 0 Å². The van der Waals surface area contributed by atoms with E-state index in [2.05, 4.69) is 16.8 Å². The molecule has 1 aromatic rings. The van der Waals surface area contributed by atoms with Crippen molar-refractivity contribution in [1.82, 2.24) is 4.98 Å². The molecule has 0 aliphatic carbocycles. The molecule has 0 N–H and O–H groups in total. The first-order valence-electron chi connectivity index (χ1n) is 5.98. The number of ketones is 1. The van der Waals surface area contributed by atoms with Crippen LogP contribution in [0.1, 0.15) is 31.1 Å². The highest BCUT2D eigenvalue weighted by atomic mass is 16.5. The first-order chi connectivity index (χ1) is 8.19. The lowest BCUT2D eigenvalue weighted by atomic mass is 10.2. The summed E-state index contributed by atoms with van der Waals surface area (Å²) in [6, 6.07) is 3.57. The second-order valence-corrected chi connectivity index (χ2v) is 3.74. The number of pyridine rings is 1. The number of anilines is 1. The molecule has 0 unspecified atom stereocenters. The van der Waals surface area contributed by atoms with Gasteiger partial charge in [0.1, 0.15) is 5.82 Å². The Morgan fingerprint density at radius 1 is 1.47 bits per heavy atom. The van der Waals surface area contributed by atoms with Crippen molar-refractivity contribution in [2.45, 2.75) is 20.8 Å². The van der Waals surface area contributed by atoms with Crippen LogP contribution in [-0.2, 0) is 4.74 Å². The van der Waals surface area contributed by atoms with E-state index in [0.29, 0.717) is 12.2 Å². The van der Waals surface area contributed by atoms with Crippen LogP contribution < -0.4 is 4.90 Å². The van der Waals surface area contributed by atoms with Gasteiger partial charge in [0.15, 0.2) is 5.78 Å². The first kappa shape index (κ1) is 13.6. The van der Waals surface area contributed by atoms with Crippen LogP contribution in [-0.4, -0.2) is 37.1 Å². The highest BCUT2D eigenvalue weighted by Gasteiger charge is 2.07. The molecule has 1 heterocycles. The van der Waals surface area contributed by atoms with Crippen molar-refractivity contribution in [3.05, 3.63) is 23.9 Å². The topological polar surface area (TPSA) is 42.4 Å². The molecular formula is C13H20N2O2.